The Balaban J connectivity index is 1.72. The number of fused-ring (bicyclic) bond motifs is 1. The van der Waals surface area contributed by atoms with E-state index in [4.69, 9.17) is 9.84 Å². The summed E-state index contributed by atoms with van der Waals surface area (Å²) in [7, 11) is 0. The van der Waals surface area contributed by atoms with Gasteiger partial charge in [0.2, 0.25) is 0 Å². The standard InChI is InChI=1S/C14H17NO4S/c16-12(17)7-14(3-1-4-14)15-13(18)11-6-9-8-19-5-2-10(9)20-11/h6H,1-5,7-8H2,(H,15,18)(H,16,17). The Morgan fingerprint density at radius 1 is 1.45 bits per heavy atom. The van der Waals surface area contributed by atoms with Crippen molar-refractivity contribution >= 4 is 23.2 Å². The number of amides is 1. The molecule has 2 aliphatic rings. The van der Waals surface area contributed by atoms with Gasteiger partial charge in [-0.1, -0.05) is 0 Å². The van der Waals surface area contributed by atoms with Gasteiger partial charge in [0, 0.05) is 11.3 Å². The molecule has 0 saturated heterocycles. The van der Waals surface area contributed by atoms with Gasteiger partial charge in [-0.25, -0.2) is 0 Å². The van der Waals surface area contributed by atoms with Gasteiger partial charge in [0.25, 0.3) is 5.91 Å². The quantitative estimate of drug-likeness (QED) is 0.890. The number of nitrogens with one attached hydrogen (secondary N) is 1. The van der Waals surface area contributed by atoms with E-state index in [0.717, 1.165) is 31.2 Å². The number of ether oxygens (including phenoxy) is 1. The zero-order valence-corrected chi connectivity index (χ0v) is 11.9. The molecule has 2 heterocycles. The van der Waals surface area contributed by atoms with E-state index in [9.17, 15) is 9.59 Å². The molecule has 1 fully saturated rings. The molecule has 6 heteroatoms. The molecule has 0 aromatic carbocycles. The van der Waals surface area contributed by atoms with Crippen molar-refractivity contribution in [1.82, 2.24) is 5.32 Å². The summed E-state index contributed by atoms with van der Waals surface area (Å²) in [6.07, 6.45) is 3.33. The van der Waals surface area contributed by atoms with Crippen LogP contribution in [0.5, 0.6) is 0 Å². The monoisotopic (exact) mass is 295 g/mol. The average molecular weight is 295 g/mol. The van der Waals surface area contributed by atoms with Gasteiger partial charge in [0.05, 0.1) is 30.1 Å². The number of rotatable bonds is 4. The summed E-state index contributed by atoms with van der Waals surface area (Å²) in [5.74, 6) is -1.01. The van der Waals surface area contributed by atoms with Crippen LogP contribution in [0.4, 0.5) is 0 Å². The van der Waals surface area contributed by atoms with Crippen LogP contribution in [0.2, 0.25) is 0 Å². The minimum Gasteiger partial charge on any atom is -0.481 e. The second-order valence-corrected chi connectivity index (χ2v) is 6.66. The molecule has 1 aromatic rings. The molecule has 0 unspecified atom stereocenters. The SMILES string of the molecule is O=C(O)CC1(NC(=O)c2cc3c(s2)CCOC3)CCC1. The molecule has 0 radical (unpaired) electrons. The molecule has 0 atom stereocenters. The smallest absolute Gasteiger partial charge is 0.305 e. The van der Waals surface area contributed by atoms with Gasteiger partial charge in [-0.3, -0.25) is 9.59 Å². The van der Waals surface area contributed by atoms with E-state index in [0.29, 0.717) is 18.1 Å². The van der Waals surface area contributed by atoms with Crippen molar-refractivity contribution in [3.05, 3.63) is 21.4 Å². The first-order valence-corrected chi connectivity index (χ1v) is 7.63. The molecule has 1 aliphatic heterocycles. The topological polar surface area (TPSA) is 75.6 Å². The second kappa shape index (κ2) is 5.18. The summed E-state index contributed by atoms with van der Waals surface area (Å²) >= 11 is 1.50. The average Bonchev–Trinajstić information content (AvgIpc) is 2.79. The van der Waals surface area contributed by atoms with Gasteiger partial charge >= 0.3 is 5.97 Å². The molecule has 20 heavy (non-hydrogen) atoms. The summed E-state index contributed by atoms with van der Waals surface area (Å²) in [5.41, 5.74) is 0.552. The zero-order chi connectivity index (χ0) is 14.2. The zero-order valence-electron chi connectivity index (χ0n) is 11.1. The molecule has 1 amide bonds. The Morgan fingerprint density at radius 3 is 2.85 bits per heavy atom. The molecule has 1 saturated carbocycles. The maximum Gasteiger partial charge on any atom is 0.305 e. The third-order valence-corrected chi connectivity index (χ3v) is 5.27. The number of thiophene rings is 1. The predicted octanol–water partition coefficient (Wildman–Crippen LogP) is 1.95. The number of hydrogen-bond acceptors (Lipinski definition) is 4. The molecule has 108 valence electrons. The molecular formula is C14H17NO4S. The largest absolute Gasteiger partial charge is 0.481 e. The molecule has 2 N–H and O–H groups in total. The summed E-state index contributed by atoms with van der Waals surface area (Å²) in [4.78, 5) is 25.1. The van der Waals surface area contributed by atoms with Gasteiger partial charge in [-0.05, 0) is 30.9 Å². The number of aliphatic carboxylic acids is 1. The first-order valence-electron chi connectivity index (χ1n) is 6.82. The van der Waals surface area contributed by atoms with E-state index in [1.807, 2.05) is 6.07 Å². The highest BCUT2D eigenvalue weighted by atomic mass is 32.1. The molecule has 1 aromatic heterocycles. The lowest BCUT2D eigenvalue weighted by Crippen LogP contribution is -2.54. The molecular weight excluding hydrogens is 278 g/mol. The van der Waals surface area contributed by atoms with E-state index in [1.54, 1.807) is 0 Å². The summed E-state index contributed by atoms with van der Waals surface area (Å²) in [5, 5.41) is 11.9. The minimum absolute atomic E-state index is 0.00689. The highest BCUT2D eigenvalue weighted by Gasteiger charge is 2.40. The Morgan fingerprint density at radius 2 is 2.25 bits per heavy atom. The fourth-order valence-corrected chi connectivity index (χ4v) is 3.85. The summed E-state index contributed by atoms with van der Waals surface area (Å²) in [6.45, 7) is 1.27. The maximum absolute atomic E-state index is 12.3. The summed E-state index contributed by atoms with van der Waals surface area (Å²) in [6, 6.07) is 1.88. The lowest BCUT2D eigenvalue weighted by atomic mass is 9.74. The number of hydrogen-bond donors (Lipinski definition) is 2. The van der Waals surface area contributed by atoms with Crippen molar-refractivity contribution < 1.29 is 19.4 Å². The fourth-order valence-electron chi connectivity index (χ4n) is 2.80. The van der Waals surface area contributed by atoms with E-state index in [2.05, 4.69) is 5.32 Å². The van der Waals surface area contributed by atoms with Crippen LogP contribution < -0.4 is 5.32 Å². The third kappa shape index (κ3) is 2.58. The van der Waals surface area contributed by atoms with Crippen LogP contribution in [0.15, 0.2) is 6.07 Å². The van der Waals surface area contributed by atoms with Gasteiger partial charge in [0.1, 0.15) is 0 Å². The normalized spacial score (nSPS) is 19.8. The van der Waals surface area contributed by atoms with Gasteiger partial charge in [0.15, 0.2) is 0 Å². The first kappa shape index (κ1) is 13.6. The highest BCUT2D eigenvalue weighted by molar-refractivity contribution is 7.14. The first-order chi connectivity index (χ1) is 9.58. The predicted molar refractivity (Wildman–Crippen MR) is 74.0 cm³/mol. The van der Waals surface area contributed by atoms with Crippen molar-refractivity contribution in [1.29, 1.82) is 0 Å². The Labute approximate surface area is 120 Å². The Kier molecular flexibility index (Phi) is 3.52. The van der Waals surface area contributed by atoms with Crippen LogP contribution in [-0.4, -0.2) is 29.1 Å². The van der Waals surface area contributed by atoms with Crippen LogP contribution in [0.3, 0.4) is 0 Å². The molecule has 0 bridgehead atoms. The van der Waals surface area contributed by atoms with Crippen molar-refractivity contribution in [3.63, 3.8) is 0 Å². The van der Waals surface area contributed by atoms with E-state index < -0.39 is 11.5 Å². The lowest BCUT2D eigenvalue weighted by Gasteiger charge is -2.41. The van der Waals surface area contributed by atoms with Crippen molar-refractivity contribution in [2.75, 3.05) is 6.61 Å². The highest BCUT2D eigenvalue weighted by Crippen LogP contribution is 2.36. The number of carbonyl (C=O) groups excluding carboxylic acids is 1. The van der Waals surface area contributed by atoms with Gasteiger partial charge in [-0.2, -0.15) is 0 Å². The Bertz CT molecular complexity index is 524. The minimum atomic E-state index is -0.858. The van der Waals surface area contributed by atoms with Crippen molar-refractivity contribution in [3.8, 4) is 0 Å². The molecule has 0 spiro atoms. The lowest BCUT2D eigenvalue weighted by molar-refractivity contribution is -0.139. The van der Waals surface area contributed by atoms with Crippen molar-refractivity contribution in [2.45, 2.75) is 44.2 Å². The van der Waals surface area contributed by atoms with Crippen molar-refractivity contribution in [2.24, 2.45) is 0 Å². The van der Waals surface area contributed by atoms with Crippen LogP contribution >= 0.6 is 11.3 Å². The second-order valence-electron chi connectivity index (χ2n) is 5.52. The number of carbonyl (C=O) groups is 2. The van der Waals surface area contributed by atoms with Gasteiger partial charge in [-0.15, -0.1) is 11.3 Å². The Hall–Kier alpha value is -1.40. The number of carboxylic acid groups (broad SMARTS) is 1. The third-order valence-electron chi connectivity index (χ3n) is 4.03. The van der Waals surface area contributed by atoms with E-state index >= 15 is 0 Å². The van der Waals surface area contributed by atoms with E-state index in [-0.39, 0.29) is 12.3 Å². The van der Waals surface area contributed by atoms with Gasteiger partial charge < -0.3 is 15.2 Å². The number of carboxylic acids is 1. The van der Waals surface area contributed by atoms with Crippen LogP contribution in [0.25, 0.3) is 0 Å². The fraction of sp³-hybridized carbons (Fsp3) is 0.571. The van der Waals surface area contributed by atoms with Crippen LogP contribution in [0.1, 0.15) is 45.8 Å². The molecule has 1 aliphatic carbocycles. The van der Waals surface area contributed by atoms with Crippen LogP contribution in [-0.2, 0) is 22.6 Å². The maximum atomic E-state index is 12.3. The summed E-state index contributed by atoms with van der Waals surface area (Å²) < 4.78 is 5.37. The molecule has 3 rings (SSSR count). The molecule has 5 nitrogen and oxygen atoms in total. The van der Waals surface area contributed by atoms with E-state index in [1.165, 1.54) is 16.2 Å². The van der Waals surface area contributed by atoms with Crippen LogP contribution in [0, 0.1) is 0 Å².